The van der Waals surface area contributed by atoms with Crippen LogP contribution in [-0.4, -0.2) is 37.2 Å². The molecule has 0 aromatic rings. The van der Waals surface area contributed by atoms with Gasteiger partial charge in [0, 0.05) is 19.3 Å². The minimum atomic E-state index is -0.760. The average Bonchev–Trinajstić information content (AvgIpc) is 3.23. The quantitative estimate of drug-likeness (QED) is 0.0344. The molecule has 0 spiro atoms. The molecule has 61 heavy (non-hydrogen) atoms. The van der Waals surface area contributed by atoms with Crippen molar-refractivity contribution in [3.63, 3.8) is 0 Å². The van der Waals surface area contributed by atoms with Crippen LogP contribution in [0, 0.1) is 11.8 Å². The zero-order chi connectivity index (χ0) is 44.7. The second-order valence-electron chi connectivity index (χ2n) is 19.8. The summed E-state index contributed by atoms with van der Waals surface area (Å²) in [5.41, 5.74) is 0. The Kier molecular flexibility index (Phi) is 46.6. The molecule has 0 N–H and O–H groups in total. The molecule has 0 unspecified atom stereocenters. The molecule has 0 aromatic heterocycles. The highest BCUT2D eigenvalue weighted by molar-refractivity contribution is 5.71. The molecule has 0 fully saturated rings. The monoisotopic (exact) mass is 863 g/mol. The first kappa shape index (κ1) is 59.4. The Labute approximate surface area is 380 Å². The molecule has 0 aliphatic rings. The van der Waals surface area contributed by atoms with E-state index in [1.807, 2.05) is 0 Å². The molecule has 0 amide bonds. The summed E-state index contributed by atoms with van der Waals surface area (Å²) in [5, 5.41) is 0. The Morgan fingerprint density at radius 1 is 0.311 bits per heavy atom. The van der Waals surface area contributed by atoms with Gasteiger partial charge in [-0.3, -0.25) is 14.4 Å². The van der Waals surface area contributed by atoms with Gasteiger partial charge in [0.15, 0.2) is 6.10 Å². The molecule has 0 aliphatic heterocycles. The van der Waals surface area contributed by atoms with Crippen LogP contribution in [0.1, 0.15) is 304 Å². The number of rotatable bonds is 49. The van der Waals surface area contributed by atoms with Crippen molar-refractivity contribution >= 4 is 17.9 Å². The van der Waals surface area contributed by atoms with Gasteiger partial charge in [0.2, 0.25) is 0 Å². The first-order valence-corrected chi connectivity index (χ1v) is 27.2. The number of carbonyl (C=O) groups excluding carboxylic acids is 3. The number of esters is 3. The summed E-state index contributed by atoms with van der Waals surface area (Å²) in [6.45, 7) is 11.3. The normalized spacial score (nSPS) is 12.0. The summed E-state index contributed by atoms with van der Waals surface area (Å²) in [6, 6.07) is 0. The van der Waals surface area contributed by atoms with Crippen molar-refractivity contribution in [3.8, 4) is 0 Å². The van der Waals surface area contributed by atoms with Gasteiger partial charge in [-0.2, -0.15) is 0 Å². The summed E-state index contributed by atoms with van der Waals surface area (Å²) in [6.07, 6.45) is 49.9. The van der Waals surface area contributed by atoms with E-state index in [9.17, 15) is 14.4 Å². The maximum atomic E-state index is 12.8. The number of ether oxygens (including phenoxy) is 3. The van der Waals surface area contributed by atoms with Gasteiger partial charge in [-0.05, 0) is 31.1 Å². The fraction of sp³-hybridized carbons (Fsp3) is 0.945. The van der Waals surface area contributed by atoms with Gasteiger partial charge < -0.3 is 14.2 Å². The van der Waals surface area contributed by atoms with E-state index in [0.717, 1.165) is 76.0 Å². The van der Waals surface area contributed by atoms with Gasteiger partial charge in [0.25, 0.3) is 0 Å². The molecule has 0 rings (SSSR count). The molecule has 1 atom stereocenters. The van der Waals surface area contributed by atoms with Crippen molar-refractivity contribution in [2.24, 2.45) is 11.8 Å². The summed E-state index contributed by atoms with van der Waals surface area (Å²) in [7, 11) is 0. The van der Waals surface area contributed by atoms with Crippen molar-refractivity contribution < 1.29 is 28.6 Å². The minimum absolute atomic E-state index is 0.0642. The average molecular weight is 863 g/mol. The van der Waals surface area contributed by atoms with Crippen molar-refractivity contribution in [2.75, 3.05) is 13.2 Å². The number of hydrogen-bond acceptors (Lipinski definition) is 6. The first-order valence-electron chi connectivity index (χ1n) is 27.2. The van der Waals surface area contributed by atoms with Crippen LogP contribution < -0.4 is 0 Å². The molecular weight excluding hydrogens is 757 g/mol. The van der Waals surface area contributed by atoms with Gasteiger partial charge in [0.1, 0.15) is 13.2 Å². The van der Waals surface area contributed by atoms with Crippen LogP contribution in [0.25, 0.3) is 0 Å². The number of carbonyl (C=O) groups is 3. The fourth-order valence-corrected chi connectivity index (χ4v) is 8.34. The standard InChI is InChI=1S/C55H106O6/c1-6-7-8-33-40-45-53(56)59-48-52(49-60-54(57)46-41-36-31-27-23-19-16-15-18-22-26-30-35-39-44-51(4)5)61-55(58)47-42-37-32-28-24-20-14-12-10-9-11-13-17-21-25-29-34-38-43-50(2)3/h50-52H,6-49H2,1-5H3/t52-/m0/s1. The molecular formula is C55H106O6. The minimum Gasteiger partial charge on any atom is -0.462 e. The van der Waals surface area contributed by atoms with Crippen molar-refractivity contribution in [1.82, 2.24) is 0 Å². The Morgan fingerprint density at radius 2 is 0.541 bits per heavy atom. The highest BCUT2D eigenvalue weighted by Crippen LogP contribution is 2.18. The van der Waals surface area contributed by atoms with Crippen molar-refractivity contribution in [1.29, 1.82) is 0 Å². The van der Waals surface area contributed by atoms with Gasteiger partial charge in [-0.1, -0.05) is 266 Å². The lowest BCUT2D eigenvalue weighted by molar-refractivity contribution is -0.167. The van der Waals surface area contributed by atoms with E-state index < -0.39 is 6.10 Å². The van der Waals surface area contributed by atoms with E-state index in [1.165, 1.54) is 186 Å². The van der Waals surface area contributed by atoms with E-state index in [1.54, 1.807) is 0 Å². The summed E-state index contributed by atoms with van der Waals surface area (Å²) in [4.78, 5) is 37.7. The smallest absolute Gasteiger partial charge is 0.306 e. The molecule has 0 bridgehead atoms. The molecule has 6 heteroatoms. The van der Waals surface area contributed by atoms with Gasteiger partial charge in [-0.15, -0.1) is 0 Å². The van der Waals surface area contributed by atoms with Crippen LogP contribution in [0.3, 0.4) is 0 Å². The lowest BCUT2D eigenvalue weighted by Gasteiger charge is -2.18. The van der Waals surface area contributed by atoms with Crippen LogP contribution in [0.4, 0.5) is 0 Å². The second-order valence-corrected chi connectivity index (χ2v) is 19.8. The lowest BCUT2D eigenvalue weighted by atomic mass is 10.0. The molecule has 6 nitrogen and oxygen atoms in total. The zero-order valence-electron chi connectivity index (χ0n) is 41.8. The third-order valence-corrected chi connectivity index (χ3v) is 12.5. The van der Waals surface area contributed by atoms with Crippen molar-refractivity contribution in [2.45, 2.75) is 310 Å². The zero-order valence-corrected chi connectivity index (χ0v) is 41.8. The summed E-state index contributed by atoms with van der Waals surface area (Å²) >= 11 is 0. The van der Waals surface area contributed by atoms with Crippen molar-refractivity contribution in [3.05, 3.63) is 0 Å². The highest BCUT2D eigenvalue weighted by Gasteiger charge is 2.19. The third kappa shape index (κ3) is 49.3. The molecule has 362 valence electrons. The molecule has 0 aliphatic carbocycles. The largest absolute Gasteiger partial charge is 0.462 e. The van der Waals surface area contributed by atoms with Crippen LogP contribution in [0.5, 0.6) is 0 Å². The molecule has 0 saturated heterocycles. The predicted molar refractivity (Wildman–Crippen MR) is 261 cm³/mol. The van der Waals surface area contributed by atoms with Gasteiger partial charge >= 0.3 is 17.9 Å². The summed E-state index contributed by atoms with van der Waals surface area (Å²) in [5.74, 6) is 0.844. The van der Waals surface area contributed by atoms with E-state index in [-0.39, 0.29) is 31.1 Å². The Balaban J connectivity index is 4.06. The van der Waals surface area contributed by atoms with Crippen LogP contribution >= 0.6 is 0 Å². The van der Waals surface area contributed by atoms with E-state index >= 15 is 0 Å². The van der Waals surface area contributed by atoms with E-state index in [2.05, 4.69) is 34.6 Å². The summed E-state index contributed by atoms with van der Waals surface area (Å²) < 4.78 is 16.7. The van der Waals surface area contributed by atoms with E-state index in [0.29, 0.717) is 19.3 Å². The Hall–Kier alpha value is -1.59. The predicted octanol–water partition coefficient (Wildman–Crippen LogP) is 17.7. The Morgan fingerprint density at radius 3 is 0.803 bits per heavy atom. The highest BCUT2D eigenvalue weighted by atomic mass is 16.6. The maximum absolute atomic E-state index is 12.8. The molecule has 0 heterocycles. The van der Waals surface area contributed by atoms with E-state index in [4.69, 9.17) is 14.2 Å². The SMILES string of the molecule is CCCCCCCC(=O)OC[C@@H](COC(=O)CCCCCCCCCCCCCCCCC(C)C)OC(=O)CCCCCCCCCCCCCCCCCCCCC(C)C. The second kappa shape index (κ2) is 47.9. The first-order chi connectivity index (χ1) is 29.7. The maximum Gasteiger partial charge on any atom is 0.306 e. The van der Waals surface area contributed by atoms with Crippen LogP contribution in [-0.2, 0) is 28.6 Å². The third-order valence-electron chi connectivity index (χ3n) is 12.5. The number of unbranched alkanes of at least 4 members (excludes halogenated alkanes) is 34. The van der Waals surface area contributed by atoms with Crippen LogP contribution in [0.2, 0.25) is 0 Å². The Bertz CT molecular complexity index is 931. The molecule has 0 radical (unpaired) electrons. The molecule has 0 saturated carbocycles. The fourth-order valence-electron chi connectivity index (χ4n) is 8.34. The molecule has 0 aromatic carbocycles. The number of hydrogen-bond donors (Lipinski definition) is 0. The van der Waals surface area contributed by atoms with Gasteiger partial charge in [-0.25, -0.2) is 0 Å². The van der Waals surface area contributed by atoms with Gasteiger partial charge in [0.05, 0.1) is 0 Å². The van der Waals surface area contributed by atoms with Crippen LogP contribution in [0.15, 0.2) is 0 Å². The topological polar surface area (TPSA) is 78.9 Å². The lowest BCUT2D eigenvalue weighted by Crippen LogP contribution is -2.30.